The van der Waals surface area contributed by atoms with E-state index in [9.17, 15) is 13.2 Å². The van der Waals surface area contributed by atoms with Gasteiger partial charge in [0.05, 0.1) is 5.69 Å². The van der Waals surface area contributed by atoms with Gasteiger partial charge < -0.3 is 5.32 Å². The van der Waals surface area contributed by atoms with Crippen molar-refractivity contribution in [2.75, 3.05) is 12.4 Å². The lowest BCUT2D eigenvalue weighted by Crippen LogP contribution is -2.03. The summed E-state index contributed by atoms with van der Waals surface area (Å²) < 4.78 is 39.7. The normalized spacial score (nSPS) is 10.5. The summed E-state index contributed by atoms with van der Waals surface area (Å²) in [5, 5.41) is 2.56. The number of halogens is 3. The molecule has 0 aliphatic carbocycles. The molecule has 94 valence electrons. The van der Waals surface area contributed by atoms with Gasteiger partial charge in [-0.2, -0.15) is 0 Å². The number of nitrogens with zero attached hydrogens (tertiary/aromatic N) is 2. The highest BCUT2D eigenvalue weighted by molar-refractivity contribution is 5.58. The van der Waals surface area contributed by atoms with Gasteiger partial charge in [-0.3, -0.25) is 0 Å². The third-order valence-electron chi connectivity index (χ3n) is 2.37. The summed E-state index contributed by atoms with van der Waals surface area (Å²) in [6.07, 6.45) is 0. The first kappa shape index (κ1) is 12.3. The first-order valence-electron chi connectivity index (χ1n) is 5.19. The second-order valence-corrected chi connectivity index (χ2v) is 3.70. The van der Waals surface area contributed by atoms with Gasteiger partial charge in [-0.05, 0) is 19.1 Å². The largest absolute Gasteiger partial charge is 0.371 e. The molecule has 6 heteroatoms. The first-order valence-corrected chi connectivity index (χ1v) is 5.19. The zero-order chi connectivity index (χ0) is 13.3. The molecule has 2 rings (SSSR count). The summed E-state index contributed by atoms with van der Waals surface area (Å²) in [5.41, 5.74) is 0.265. The van der Waals surface area contributed by atoms with Gasteiger partial charge in [-0.15, -0.1) is 0 Å². The van der Waals surface area contributed by atoms with Gasteiger partial charge in [0.15, 0.2) is 17.5 Å². The molecule has 0 saturated heterocycles. The summed E-state index contributed by atoms with van der Waals surface area (Å²) in [6.45, 7) is 1.46. The predicted molar refractivity (Wildman–Crippen MR) is 61.6 cm³/mol. The summed E-state index contributed by atoms with van der Waals surface area (Å²) in [4.78, 5) is 7.75. The molecule has 1 heterocycles. The van der Waals surface area contributed by atoms with Gasteiger partial charge in [-0.25, -0.2) is 23.1 Å². The predicted octanol–water partition coefficient (Wildman–Crippen LogP) is 2.91. The highest BCUT2D eigenvalue weighted by Gasteiger charge is 2.12. The Kier molecular flexibility index (Phi) is 3.18. The van der Waals surface area contributed by atoms with Crippen molar-refractivity contribution in [3.05, 3.63) is 41.3 Å². The van der Waals surface area contributed by atoms with E-state index in [1.807, 2.05) is 0 Å². The van der Waals surface area contributed by atoms with Crippen molar-refractivity contribution in [3.63, 3.8) is 0 Å². The van der Waals surface area contributed by atoms with Crippen LogP contribution in [0.1, 0.15) is 5.69 Å². The molecular formula is C12H10F3N3. The van der Waals surface area contributed by atoms with Gasteiger partial charge in [-0.1, -0.05) is 0 Å². The van der Waals surface area contributed by atoms with Crippen LogP contribution in [0, 0.1) is 24.4 Å². The maximum absolute atomic E-state index is 13.5. The molecule has 0 spiro atoms. The molecule has 3 nitrogen and oxygen atoms in total. The molecule has 0 saturated carbocycles. The fourth-order valence-corrected chi connectivity index (χ4v) is 1.54. The van der Waals surface area contributed by atoms with Crippen LogP contribution in [0.25, 0.3) is 11.4 Å². The fourth-order valence-electron chi connectivity index (χ4n) is 1.54. The maximum Gasteiger partial charge on any atom is 0.186 e. The van der Waals surface area contributed by atoms with Gasteiger partial charge in [0, 0.05) is 18.7 Å². The standard InChI is InChI=1S/C12H10F3N3/c1-6-10(15)12(16-2)18-11(17-6)7-3-8(13)5-9(14)4-7/h3-5H,1-2H3,(H,16,17,18). The van der Waals surface area contributed by atoms with Crippen LogP contribution in [0.15, 0.2) is 18.2 Å². The third-order valence-corrected chi connectivity index (χ3v) is 2.37. The van der Waals surface area contributed by atoms with Crippen molar-refractivity contribution >= 4 is 5.82 Å². The van der Waals surface area contributed by atoms with Crippen LogP contribution >= 0.6 is 0 Å². The Labute approximate surface area is 102 Å². The zero-order valence-corrected chi connectivity index (χ0v) is 9.76. The molecular weight excluding hydrogens is 243 g/mol. The van der Waals surface area contributed by atoms with Crippen molar-refractivity contribution in [2.24, 2.45) is 0 Å². The smallest absolute Gasteiger partial charge is 0.186 e. The molecule has 18 heavy (non-hydrogen) atoms. The number of nitrogens with one attached hydrogen (secondary N) is 1. The van der Waals surface area contributed by atoms with Crippen LogP contribution < -0.4 is 5.32 Å². The van der Waals surface area contributed by atoms with Crippen molar-refractivity contribution in [2.45, 2.75) is 6.92 Å². The summed E-state index contributed by atoms with van der Waals surface area (Å²) >= 11 is 0. The van der Waals surface area contributed by atoms with E-state index in [-0.39, 0.29) is 22.9 Å². The number of anilines is 1. The van der Waals surface area contributed by atoms with Crippen molar-refractivity contribution < 1.29 is 13.2 Å². The Morgan fingerprint density at radius 1 is 1.00 bits per heavy atom. The molecule has 0 bridgehead atoms. The first-order chi connectivity index (χ1) is 8.51. The van der Waals surface area contributed by atoms with E-state index in [0.717, 1.165) is 18.2 Å². The molecule has 0 atom stereocenters. The second-order valence-electron chi connectivity index (χ2n) is 3.70. The van der Waals surface area contributed by atoms with Gasteiger partial charge >= 0.3 is 0 Å². The molecule has 1 N–H and O–H groups in total. The molecule has 0 amide bonds. The van der Waals surface area contributed by atoms with Crippen LogP contribution in [0.2, 0.25) is 0 Å². The highest BCUT2D eigenvalue weighted by Crippen LogP contribution is 2.22. The summed E-state index contributed by atoms with van der Waals surface area (Å²) in [7, 11) is 1.50. The minimum Gasteiger partial charge on any atom is -0.371 e. The number of hydrogen-bond acceptors (Lipinski definition) is 3. The Hall–Kier alpha value is -2.11. The summed E-state index contributed by atoms with van der Waals surface area (Å²) in [6, 6.07) is 2.93. The molecule has 0 aliphatic rings. The fraction of sp³-hybridized carbons (Fsp3) is 0.167. The number of benzene rings is 1. The molecule has 1 aromatic carbocycles. The number of aryl methyl sites for hydroxylation is 1. The van der Waals surface area contributed by atoms with E-state index in [1.54, 1.807) is 0 Å². The quantitative estimate of drug-likeness (QED) is 0.894. The third kappa shape index (κ3) is 2.27. The van der Waals surface area contributed by atoms with Crippen molar-refractivity contribution in [1.29, 1.82) is 0 Å². The second kappa shape index (κ2) is 4.64. The highest BCUT2D eigenvalue weighted by atomic mass is 19.1. The monoisotopic (exact) mass is 253 g/mol. The molecule has 0 unspecified atom stereocenters. The van der Waals surface area contributed by atoms with E-state index in [0.29, 0.717) is 0 Å². The molecule has 2 aromatic rings. The van der Waals surface area contributed by atoms with E-state index < -0.39 is 17.5 Å². The SMILES string of the molecule is CNc1nc(-c2cc(F)cc(F)c2)nc(C)c1F. The Morgan fingerprint density at radius 3 is 2.17 bits per heavy atom. The van der Waals surface area contributed by atoms with Crippen LogP contribution in [0.3, 0.4) is 0 Å². The van der Waals surface area contributed by atoms with E-state index >= 15 is 0 Å². The van der Waals surface area contributed by atoms with Gasteiger partial charge in [0.2, 0.25) is 0 Å². The van der Waals surface area contributed by atoms with E-state index in [4.69, 9.17) is 0 Å². The van der Waals surface area contributed by atoms with Crippen LogP contribution in [-0.4, -0.2) is 17.0 Å². The van der Waals surface area contributed by atoms with Crippen molar-refractivity contribution in [1.82, 2.24) is 9.97 Å². The Morgan fingerprint density at radius 2 is 1.61 bits per heavy atom. The Balaban J connectivity index is 2.60. The van der Waals surface area contributed by atoms with E-state index in [2.05, 4.69) is 15.3 Å². The number of hydrogen-bond donors (Lipinski definition) is 1. The average molecular weight is 253 g/mol. The average Bonchev–Trinajstić information content (AvgIpc) is 2.31. The van der Waals surface area contributed by atoms with E-state index in [1.165, 1.54) is 14.0 Å². The van der Waals surface area contributed by atoms with Crippen molar-refractivity contribution in [3.8, 4) is 11.4 Å². The maximum atomic E-state index is 13.5. The summed E-state index contributed by atoms with van der Waals surface area (Å²) in [5.74, 6) is -2.00. The zero-order valence-electron chi connectivity index (χ0n) is 9.76. The van der Waals surface area contributed by atoms with Crippen LogP contribution in [0.4, 0.5) is 19.0 Å². The van der Waals surface area contributed by atoms with Crippen LogP contribution in [-0.2, 0) is 0 Å². The van der Waals surface area contributed by atoms with Crippen LogP contribution in [0.5, 0.6) is 0 Å². The lowest BCUT2D eigenvalue weighted by atomic mass is 10.2. The lowest BCUT2D eigenvalue weighted by molar-refractivity contribution is 0.583. The van der Waals surface area contributed by atoms with Gasteiger partial charge in [0.25, 0.3) is 0 Å². The molecule has 0 radical (unpaired) electrons. The number of aromatic nitrogens is 2. The lowest BCUT2D eigenvalue weighted by Gasteiger charge is -2.07. The minimum atomic E-state index is -0.735. The topological polar surface area (TPSA) is 37.8 Å². The number of rotatable bonds is 2. The minimum absolute atomic E-state index is 0.0119. The molecule has 1 aromatic heterocycles. The Bertz CT molecular complexity index is 579. The molecule has 0 aliphatic heterocycles. The van der Waals surface area contributed by atoms with Gasteiger partial charge in [0.1, 0.15) is 11.6 Å². The molecule has 0 fully saturated rings.